The van der Waals surface area contributed by atoms with E-state index >= 15 is 0 Å². The minimum atomic E-state index is -0.844. The third-order valence-electron chi connectivity index (χ3n) is 2.38. The number of nitrogens with zero attached hydrogens (tertiary/aromatic N) is 2. The van der Waals surface area contributed by atoms with Crippen LogP contribution in [0.3, 0.4) is 0 Å². The fourth-order valence-electron chi connectivity index (χ4n) is 1.48. The highest BCUT2D eigenvalue weighted by atomic mass is 32.2. The zero-order valence-electron chi connectivity index (χ0n) is 10.5. The van der Waals surface area contributed by atoms with Crippen molar-refractivity contribution in [1.82, 2.24) is 9.80 Å². The molecule has 8 heteroatoms. The van der Waals surface area contributed by atoms with Crippen LogP contribution in [0.1, 0.15) is 13.8 Å². The predicted molar refractivity (Wildman–Crippen MR) is 69.7 cm³/mol. The number of carbonyl (C=O) groups excluding carboxylic acids is 4. The Morgan fingerprint density at radius 2 is 1.17 bits per heavy atom. The van der Waals surface area contributed by atoms with Gasteiger partial charge in [-0.3, -0.25) is 19.2 Å². The number of likely N-dealkylation sites (N-methyl/N-ethyl adjacent to an activating group) is 2. The molecule has 0 aliphatic carbocycles. The van der Waals surface area contributed by atoms with E-state index in [1.165, 1.54) is 37.7 Å². The van der Waals surface area contributed by atoms with E-state index in [0.29, 0.717) is 0 Å². The highest BCUT2D eigenvalue weighted by molar-refractivity contribution is 8.15. The first-order valence-electron chi connectivity index (χ1n) is 5.13. The molecule has 0 N–H and O–H groups in total. The first kappa shape index (κ1) is 15.0. The van der Waals surface area contributed by atoms with E-state index in [9.17, 15) is 19.2 Å². The Morgan fingerprint density at radius 1 is 0.889 bits per heavy atom. The van der Waals surface area contributed by atoms with Gasteiger partial charge < -0.3 is 9.80 Å². The Balaban J connectivity index is 2.95. The van der Waals surface area contributed by atoms with Gasteiger partial charge in [0.2, 0.25) is 0 Å². The molecule has 1 fully saturated rings. The van der Waals surface area contributed by atoms with Crippen molar-refractivity contribution < 1.29 is 19.2 Å². The monoisotopic (exact) mass is 290 g/mol. The van der Waals surface area contributed by atoms with Crippen LogP contribution in [0, 0.1) is 0 Å². The molecule has 1 aliphatic heterocycles. The third-order valence-corrected chi connectivity index (χ3v) is 4.52. The number of piperazine rings is 1. The van der Waals surface area contributed by atoms with E-state index in [0.717, 1.165) is 23.5 Å². The smallest absolute Gasteiger partial charge is 0.257 e. The van der Waals surface area contributed by atoms with Crippen LogP contribution in [0.4, 0.5) is 0 Å². The molecular formula is C10H14N2O4S2. The van der Waals surface area contributed by atoms with Crippen molar-refractivity contribution in [3.8, 4) is 0 Å². The van der Waals surface area contributed by atoms with Crippen molar-refractivity contribution in [2.45, 2.75) is 24.6 Å². The lowest BCUT2D eigenvalue weighted by Gasteiger charge is -2.40. The van der Waals surface area contributed by atoms with Gasteiger partial charge in [-0.25, -0.2) is 0 Å². The molecule has 1 aliphatic rings. The van der Waals surface area contributed by atoms with E-state index in [-0.39, 0.29) is 22.0 Å². The van der Waals surface area contributed by atoms with E-state index in [1.807, 2.05) is 0 Å². The lowest BCUT2D eigenvalue weighted by molar-refractivity contribution is -0.150. The van der Waals surface area contributed by atoms with Crippen molar-refractivity contribution in [3.63, 3.8) is 0 Å². The summed E-state index contributed by atoms with van der Waals surface area (Å²) in [5.74, 6) is -0.702. The number of rotatable bonds is 2. The Morgan fingerprint density at radius 3 is 1.39 bits per heavy atom. The summed E-state index contributed by atoms with van der Waals surface area (Å²) < 4.78 is 0. The standard InChI is InChI=1S/C10H14N2O4S2/c1-5(13)17-9-7(15)12(4)10(18-6(2)14)8(16)11(9)3/h9-10H,1-4H3/t9-,10-/m1/s1. The molecule has 1 saturated heterocycles. The average molecular weight is 290 g/mol. The maximum absolute atomic E-state index is 12.0. The van der Waals surface area contributed by atoms with Crippen LogP contribution in [0.5, 0.6) is 0 Å². The van der Waals surface area contributed by atoms with Crippen molar-refractivity contribution in [2.24, 2.45) is 0 Å². The molecule has 0 aromatic heterocycles. The number of thioether (sulfide) groups is 2. The minimum Gasteiger partial charge on any atom is -0.322 e. The number of hydrogen-bond acceptors (Lipinski definition) is 6. The zero-order valence-corrected chi connectivity index (χ0v) is 12.1. The molecule has 0 saturated carbocycles. The number of amides is 2. The molecule has 0 radical (unpaired) electrons. The minimum absolute atomic E-state index is 0.237. The average Bonchev–Trinajstić information content (AvgIpc) is 2.27. The molecule has 2 amide bonds. The summed E-state index contributed by atoms with van der Waals surface area (Å²) in [5.41, 5.74) is 0. The lowest BCUT2D eigenvalue weighted by Crippen LogP contribution is -2.60. The SMILES string of the molecule is CC(=O)S[C@@H]1C(=O)N(C)[C@H](SC(C)=O)C(=O)N1C. The second kappa shape index (κ2) is 5.75. The van der Waals surface area contributed by atoms with Crippen LogP contribution >= 0.6 is 23.5 Å². The molecule has 0 aromatic carbocycles. The molecule has 0 unspecified atom stereocenters. The summed E-state index contributed by atoms with van der Waals surface area (Å²) in [7, 11) is 2.92. The summed E-state index contributed by atoms with van der Waals surface area (Å²) in [6.45, 7) is 2.68. The van der Waals surface area contributed by atoms with Gasteiger partial charge in [-0.2, -0.15) is 0 Å². The van der Waals surface area contributed by atoms with E-state index in [2.05, 4.69) is 0 Å². The van der Waals surface area contributed by atoms with Crippen LogP contribution in [-0.4, -0.2) is 56.7 Å². The molecule has 0 aromatic rings. The molecule has 6 nitrogen and oxygen atoms in total. The Hall–Kier alpha value is -1.02. The number of hydrogen-bond donors (Lipinski definition) is 0. The first-order chi connectivity index (χ1) is 8.25. The molecular weight excluding hydrogens is 276 g/mol. The highest BCUT2D eigenvalue weighted by Gasteiger charge is 2.44. The summed E-state index contributed by atoms with van der Waals surface area (Å²) in [4.78, 5) is 48.7. The quantitative estimate of drug-likeness (QED) is 0.719. The van der Waals surface area contributed by atoms with Gasteiger partial charge in [-0.05, 0) is 0 Å². The summed E-state index contributed by atoms with van der Waals surface area (Å²) >= 11 is 1.60. The van der Waals surface area contributed by atoms with Gasteiger partial charge in [-0.1, -0.05) is 23.5 Å². The van der Waals surface area contributed by atoms with E-state index in [4.69, 9.17) is 0 Å². The van der Waals surface area contributed by atoms with Crippen molar-refractivity contribution >= 4 is 45.6 Å². The maximum Gasteiger partial charge on any atom is 0.257 e. The van der Waals surface area contributed by atoms with E-state index < -0.39 is 10.7 Å². The summed E-state index contributed by atoms with van der Waals surface area (Å²) in [6.07, 6.45) is 0. The van der Waals surface area contributed by atoms with Gasteiger partial charge in [0.1, 0.15) is 0 Å². The fourth-order valence-corrected chi connectivity index (χ4v) is 3.17. The normalized spacial score (nSPS) is 24.4. The van der Waals surface area contributed by atoms with Crippen LogP contribution in [0.2, 0.25) is 0 Å². The molecule has 0 bridgehead atoms. The molecule has 1 heterocycles. The Labute approximate surface area is 113 Å². The van der Waals surface area contributed by atoms with Gasteiger partial charge in [0.25, 0.3) is 11.8 Å². The Bertz CT molecular complexity index is 375. The van der Waals surface area contributed by atoms with Crippen molar-refractivity contribution in [1.29, 1.82) is 0 Å². The summed E-state index contributed by atoms with van der Waals surface area (Å²) in [5, 5.41) is -2.16. The lowest BCUT2D eigenvalue weighted by atomic mass is 10.3. The van der Waals surface area contributed by atoms with Gasteiger partial charge in [0, 0.05) is 27.9 Å². The Kier molecular flexibility index (Phi) is 4.80. The maximum atomic E-state index is 12.0. The van der Waals surface area contributed by atoms with Crippen LogP contribution in [0.25, 0.3) is 0 Å². The van der Waals surface area contributed by atoms with Crippen LogP contribution < -0.4 is 0 Å². The zero-order chi connectivity index (χ0) is 14.0. The van der Waals surface area contributed by atoms with Crippen LogP contribution in [-0.2, 0) is 19.2 Å². The van der Waals surface area contributed by atoms with Crippen molar-refractivity contribution in [2.75, 3.05) is 14.1 Å². The molecule has 0 spiro atoms. The molecule has 2 atom stereocenters. The third kappa shape index (κ3) is 3.05. The predicted octanol–water partition coefficient (Wildman–Crippen LogP) is 0.128. The first-order valence-corrected chi connectivity index (χ1v) is 6.89. The van der Waals surface area contributed by atoms with E-state index in [1.54, 1.807) is 0 Å². The largest absolute Gasteiger partial charge is 0.322 e. The second-order valence-corrected chi connectivity index (χ2v) is 6.34. The topological polar surface area (TPSA) is 74.8 Å². The van der Waals surface area contributed by atoms with Crippen LogP contribution in [0.15, 0.2) is 0 Å². The van der Waals surface area contributed by atoms with Crippen molar-refractivity contribution in [3.05, 3.63) is 0 Å². The molecule has 1 rings (SSSR count). The molecule has 18 heavy (non-hydrogen) atoms. The van der Waals surface area contributed by atoms with Gasteiger partial charge in [0.15, 0.2) is 21.0 Å². The van der Waals surface area contributed by atoms with Gasteiger partial charge in [-0.15, -0.1) is 0 Å². The van der Waals surface area contributed by atoms with Gasteiger partial charge in [0.05, 0.1) is 0 Å². The van der Waals surface area contributed by atoms with Gasteiger partial charge >= 0.3 is 0 Å². The highest BCUT2D eigenvalue weighted by Crippen LogP contribution is 2.29. The second-order valence-electron chi connectivity index (χ2n) is 3.82. The number of carbonyl (C=O) groups is 4. The summed E-state index contributed by atoms with van der Waals surface area (Å²) in [6, 6.07) is 0. The molecule has 100 valence electrons. The fraction of sp³-hybridized carbons (Fsp3) is 0.600.